The molecule has 162 valence electrons. The summed E-state index contributed by atoms with van der Waals surface area (Å²) in [5, 5.41) is 2.54. The van der Waals surface area contributed by atoms with E-state index in [0.29, 0.717) is 0 Å². The molecule has 0 radical (unpaired) electrons. The second kappa shape index (κ2) is 9.82. The molecule has 0 N–H and O–H groups in total. The van der Waals surface area contributed by atoms with Crippen LogP contribution in [-0.4, -0.2) is 25.3 Å². The fraction of sp³-hybridized carbons (Fsp3) is 0.233. The van der Waals surface area contributed by atoms with Crippen molar-refractivity contribution in [3.05, 3.63) is 107 Å². The van der Waals surface area contributed by atoms with Crippen molar-refractivity contribution in [3.8, 4) is 0 Å². The van der Waals surface area contributed by atoms with Gasteiger partial charge in [0, 0.05) is 25.3 Å². The van der Waals surface area contributed by atoms with Crippen LogP contribution >= 0.6 is 0 Å². The minimum absolute atomic E-state index is 0.797. The Bertz CT molecular complexity index is 1210. The van der Waals surface area contributed by atoms with E-state index < -0.39 is 0 Å². The number of aryl methyl sites for hydroxylation is 1. The van der Waals surface area contributed by atoms with Crippen molar-refractivity contribution in [1.82, 2.24) is 0 Å². The molecule has 0 heterocycles. The lowest BCUT2D eigenvalue weighted by Gasteiger charge is -2.23. The van der Waals surface area contributed by atoms with Gasteiger partial charge in [-0.15, -0.1) is 0 Å². The summed E-state index contributed by atoms with van der Waals surface area (Å²) < 4.78 is 0. The fourth-order valence-corrected chi connectivity index (χ4v) is 4.53. The Morgan fingerprint density at radius 2 is 1.50 bits per heavy atom. The highest BCUT2D eigenvalue weighted by Crippen LogP contribution is 2.36. The Labute approximate surface area is 192 Å². The maximum atomic E-state index is 4.56. The minimum Gasteiger partial charge on any atom is -0.372 e. The van der Waals surface area contributed by atoms with Crippen molar-refractivity contribution in [2.75, 3.05) is 24.5 Å². The maximum absolute atomic E-state index is 4.56. The van der Waals surface area contributed by atoms with E-state index in [1.807, 2.05) is 0 Å². The molecule has 0 saturated carbocycles. The molecule has 0 atom stereocenters. The van der Waals surface area contributed by atoms with Crippen molar-refractivity contribution >= 4 is 27.7 Å². The van der Waals surface area contributed by atoms with Crippen LogP contribution < -0.4 is 4.90 Å². The topological polar surface area (TPSA) is 15.6 Å². The van der Waals surface area contributed by atoms with Gasteiger partial charge in [-0.2, -0.15) is 0 Å². The predicted molar refractivity (Wildman–Crippen MR) is 141 cm³/mol. The number of anilines is 1. The zero-order chi connectivity index (χ0) is 22.5. The molecule has 3 aromatic carbocycles. The van der Waals surface area contributed by atoms with Gasteiger partial charge in [0.25, 0.3) is 0 Å². The second-order valence-corrected chi connectivity index (χ2v) is 8.09. The molecule has 32 heavy (non-hydrogen) atoms. The molecular formula is C30H32N2. The van der Waals surface area contributed by atoms with Gasteiger partial charge in [-0.05, 0) is 90.6 Å². The van der Waals surface area contributed by atoms with Gasteiger partial charge in [0.2, 0.25) is 0 Å². The van der Waals surface area contributed by atoms with E-state index in [-0.39, 0.29) is 0 Å². The van der Waals surface area contributed by atoms with Crippen molar-refractivity contribution in [1.29, 1.82) is 0 Å². The summed E-state index contributed by atoms with van der Waals surface area (Å²) in [5.74, 6) is 0. The third-order valence-corrected chi connectivity index (χ3v) is 6.16. The van der Waals surface area contributed by atoms with E-state index >= 15 is 0 Å². The third-order valence-electron chi connectivity index (χ3n) is 6.16. The maximum Gasteiger partial charge on any atom is 0.0574 e. The van der Waals surface area contributed by atoms with Crippen LogP contribution in [0.3, 0.4) is 0 Å². The third kappa shape index (κ3) is 4.31. The highest BCUT2D eigenvalue weighted by Gasteiger charge is 2.16. The molecule has 0 unspecified atom stereocenters. The van der Waals surface area contributed by atoms with Gasteiger partial charge >= 0.3 is 0 Å². The SMILES string of the molecule is CCN=C1C=CC(=C(c2ccc(N(CC)CC)cc2C)c2cccc3ccccc23)C=C1. The first-order valence-corrected chi connectivity index (χ1v) is 11.6. The molecule has 2 heteroatoms. The number of rotatable bonds is 6. The van der Waals surface area contributed by atoms with Crippen LogP contribution in [0.1, 0.15) is 37.5 Å². The summed E-state index contributed by atoms with van der Waals surface area (Å²) in [6.45, 7) is 11.5. The zero-order valence-corrected chi connectivity index (χ0v) is 19.6. The number of hydrogen-bond acceptors (Lipinski definition) is 2. The van der Waals surface area contributed by atoms with E-state index in [2.05, 4.69) is 123 Å². The Balaban J connectivity index is 1.94. The number of allylic oxidation sites excluding steroid dienone is 5. The number of fused-ring (bicyclic) bond motifs is 1. The first kappa shape index (κ1) is 21.8. The Morgan fingerprint density at radius 1 is 0.781 bits per heavy atom. The lowest BCUT2D eigenvalue weighted by atomic mass is 9.86. The Hall–Kier alpha value is -3.39. The second-order valence-electron chi connectivity index (χ2n) is 8.09. The smallest absolute Gasteiger partial charge is 0.0574 e. The first-order chi connectivity index (χ1) is 15.7. The largest absolute Gasteiger partial charge is 0.372 e. The lowest BCUT2D eigenvalue weighted by Crippen LogP contribution is -2.21. The molecule has 0 aliphatic heterocycles. The number of hydrogen-bond donors (Lipinski definition) is 0. The first-order valence-electron chi connectivity index (χ1n) is 11.6. The van der Waals surface area contributed by atoms with Crippen molar-refractivity contribution in [2.24, 2.45) is 4.99 Å². The molecule has 1 aliphatic rings. The number of benzene rings is 3. The summed E-state index contributed by atoms with van der Waals surface area (Å²) in [7, 11) is 0. The average Bonchev–Trinajstić information content (AvgIpc) is 2.83. The molecule has 0 aromatic heterocycles. The summed E-state index contributed by atoms with van der Waals surface area (Å²) in [6.07, 6.45) is 8.68. The minimum atomic E-state index is 0.797. The molecule has 1 aliphatic carbocycles. The van der Waals surface area contributed by atoms with Crippen LogP contribution in [0.2, 0.25) is 0 Å². The van der Waals surface area contributed by atoms with Gasteiger partial charge in [0.05, 0.1) is 5.71 Å². The van der Waals surface area contributed by atoms with E-state index in [0.717, 1.165) is 25.3 Å². The van der Waals surface area contributed by atoms with E-state index in [4.69, 9.17) is 0 Å². The summed E-state index contributed by atoms with van der Waals surface area (Å²) in [4.78, 5) is 6.95. The summed E-state index contributed by atoms with van der Waals surface area (Å²) in [5.41, 5.74) is 8.63. The van der Waals surface area contributed by atoms with Gasteiger partial charge in [-0.1, -0.05) is 60.7 Å². The predicted octanol–water partition coefficient (Wildman–Crippen LogP) is 7.38. The van der Waals surface area contributed by atoms with Crippen molar-refractivity contribution in [3.63, 3.8) is 0 Å². The molecule has 0 bridgehead atoms. The highest BCUT2D eigenvalue weighted by atomic mass is 15.1. The average molecular weight is 421 g/mol. The van der Waals surface area contributed by atoms with Crippen LogP contribution in [0, 0.1) is 6.92 Å². The molecule has 2 nitrogen and oxygen atoms in total. The quantitative estimate of drug-likeness (QED) is 0.406. The van der Waals surface area contributed by atoms with Crippen LogP contribution in [-0.2, 0) is 0 Å². The van der Waals surface area contributed by atoms with Crippen LogP contribution in [0.25, 0.3) is 16.3 Å². The van der Waals surface area contributed by atoms with Gasteiger partial charge in [0.15, 0.2) is 0 Å². The standard InChI is InChI=1S/C30H32N2/c1-5-31-25-17-15-24(16-18-25)30(29-14-10-12-23-11-8-9-13-28(23)29)27-20-19-26(21-22(27)4)32(6-2)7-3/h8-21H,5-7H2,1-4H3. The van der Waals surface area contributed by atoms with Crippen molar-refractivity contribution < 1.29 is 0 Å². The van der Waals surface area contributed by atoms with Gasteiger partial charge in [-0.3, -0.25) is 4.99 Å². The van der Waals surface area contributed by atoms with Gasteiger partial charge < -0.3 is 4.90 Å². The number of aliphatic imine (C=N–C) groups is 1. The molecule has 4 rings (SSSR count). The van der Waals surface area contributed by atoms with Crippen LogP contribution in [0.4, 0.5) is 5.69 Å². The Kier molecular flexibility index (Phi) is 6.70. The molecule has 0 saturated heterocycles. The highest BCUT2D eigenvalue weighted by molar-refractivity contribution is 6.08. The van der Waals surface area contributed by atoms with Crippen LogP contribution in [0.15, 0.2) is 95.5 Å². The molecule has 0 fully saturated rings. The van der Waals surface area contributed by atoms with Gasteiger partial charge in [-0.25, -0.2) is 0 Å². The summed E-state index contributed by atoms with van der Waals surface area (Å²) >= 11 is 0. The lowest BCUT2D eigenvalue weighted by molar-refractivity contribution is 0.865. The molecule has 0 spiro atoms. The fourth-order valence-electron chi connectivity index (χ4n) is 4.53. The summed E-state index contributed by atoms with van der Waals surface area (Å²) in [6, 6.07) is 22.1. The van der Waals surface area contributed by atoms with E-state index in [9.17, 15) is 0 Å². The molecule has 3 aromatic rings. The molecule has 0 amide bonds. The zero-order valence-electron chi connectivity index (χ0n) is 19.6. The molecular weight excluding hydrogens is 388 g/mol. The Morgan fingerprint density at radius 3 is 2.19 bits per heavy atom. The van der Waals surface area contributed by atoms with E-state index in [1.165, 1.54) is 44.3 Å². The normalized spacial score (nSPS) is 13.0. The monoisotopic (exact) mass is 420 g/mol. The van der Waals surface area contributed by atoms with E-state index in [1.54, 1.807) is 0 Å². The number of nitrogens with zero attached hydrogens (tertiary/aromatic N) is 2. The van der Waals surface area contributed by atoms with Crippen LogP contribution in [0.5, 0.6) is 0 Å². The van der Waals surface area contributed by atoms with Crippen molar-refractivity contribution in [2.45, 2.75) is 27.7 Å². The van der Waals surface area contributed by atoms with Gasteiger partial charge in [0.1, 0.15) is 0 Å².